The van der Waals surface area contributed by atoms with Crippen molar-refractivity contribution in [2.75, 3.05) is 6.54 Å². The van der Waals surface area contributed by atoms with Gasteiger partial charge in [0, 0.05) is 59.8 Å². The predicted molar refractivity (Wildman–Crippen MR) is 128 cm³/mol. The molecule has 0 bridgehead atoms. The summed E-state index contributed by atoms with van der Waals surface area (Å²) in [6, 6.07) is 15.5. The summed E-state index contributed by atoms with van der Waals surface area (Å²) in [5.41, 5.74) is 9.63. The molecule has 3 atom stereocenters. The second kappa shape index (κ2) is 7.66. The number of benzene rings is 2. The van der Waals surface area contributed by atoms with Gasteiger partial charge in [0.25, 0.3) is 11.8 Å². The number of carbonyl (C=O) groups is 2. The Morgan fingerprint density at radius 3 is 2.21 bits per heavy atom. The summed E-state index contributed by atoms with van der Waals surface area (Å²) in [5.74, 6) is -0.841. The zero-order valence-corrected chi connectivity index (χ0v) is 18.6. The molecule has 4 heterocycles. The van der Waals surface area contributed by atoms with Crippen molar-refractivity contribution < 1.29 is 19.4 Å². The van der Waals surface area contributed by atoms with Crippen molar-refractivity contribution in [1.29, 1.82) is 0 Å². The monoisotopic (exact) mass is 456 g/mol. The minimum Gasteiger partial charge on any atom is -0.390 e. The lowest BCUT2D eigenvalue weighted by Gasteiger charge is -2.15. The van der Waals surface area contributed by atoms with Crippen LogP contribution in [0.2, 0.25) is 0 Å². The molecule has 0 saturated carbocycles. The van der Waals surface area contributed by atoms with Gasteiger partial charge in [0.15, 0.2) is 0 Å². The van der Waals surface area contributed by atoms with Crippen molar-refractivity contribution in [2.45, 2.75) is 24.9 Å². The highest BCUT2D eigenvalue weighted by molar-refractivity contribution is 6.50. The molecule has 6 rings (SSSR count). The van der Waals surface area contributed by atoms with Crippen molar-refractivity contribution in [3.8, 4) is 0 Å². The van der Waals surface area contributed by atoms with E-state index in [2.05, 4.69) is 5.32 Å². The minimum atomic E-state index is -0.665. The molecule has 0 spiro atoms. The van der Waals surface area contributed by atoms with E-state index in [-0.39, 0.29) is 6.54 Å². The quantitative estimate of drug-likeness (QED) is 0.408. The number of hydrogen-bond donors (Lipinski definition) is 3. The van der Waals surface area contributed by atoms with Crippen molar-refractivity contribution >= 4 is 44.8 Å². The number of aliphatic hydroxyl groups is 1. The second-order valence-corrected chi connectivity index (χ2v) is 8.84. The molecule has 8 heteroatoms. The average molecular weight is 457 g/mol. The van der Waals surface area contributed by atoms with E-state index in [1.165, 1.54) is 0 Å². The molecule has 2 aliphatic heterocycles. The normalized spacial score (nSPS) is 23.0. The number of rotatable bonds is 4. The Morgan fingerprint density at radius 1 is 0.971 bits per heavy atom. The number of nitrogens with two attached hydrogens (primary N) is 1. The van der Waals surface area contributed by atoms with Gasteiger partial charge in [-0.15, -0.1) is 0 Å². The first kappa shape index (κ1) is 20.9. The summed E-state index contributed by atoms with van der Waals surface area (Å²) in [6.45, 7) is 0.219. The Morgan fingerprint density at radius 2 is 1.56 bits per heavy atom. The van der Waals surface area contributed by atoms with Crippen LogP contribution in [0.25, 0.3) is 33.0 Å². The second-order valence-electron chi connectivity index (χ2n) is 8.84. The molecule has 0 radical (unpaired) electrons. The lowest BCUT2D eigenvalue weighted by molar-refractivity contribution is -0.122. The fourth-order valence-electron chi connectivity index (χ4n) is 5.25. The smallest absolute Gasteiger partial charge is 0.259 e. The van der Waals surface area contributed by atoms with Gasteiger partial charge in [-0.1, -0.05) is 36.4 Å². The van der Waals surface area contributed by atoms with E-state index in [4.69, 9.17) is 10.5 Å². The number of carbonyl (C=O) groups excluding carboxylic acids is 2. The van der Waals surface area contributed by atoms with Crippen molar-refractivity contribution in [2.24, 2.45) is 12.8 Å². The van der Waals surface area contributed by atoms with Crippen LogP contribution in [0.3, 0.4) is 0 Å². The standard InChI is InChI=1S/C26H24N4O4/c1-29-12-16(14-6-2-4-8-18(14)29)23-24(26(33)28-25(23)32)17-13-30(19-9-5-3-7-15(17)19)22-10-20(31)21(11-27)34-22/h2-9,12-13,20-22,31H,10-11,27H2,1H3,(H,28,32,33)/t20-,21-,22?/m1/s1. The van der Waals surface area contributed by atoms with E-state index in [0.717, 1.165) is 21.8 Å². The van der Waals surface area contributed by atoms with Crippen molar-refractivity contribution in [3.63, 3.8) is 0 Å². The first-order chi connectivity index (χ1) is 16.5. The average Bonchev–Trinajstić information content (AvgIpc) is 3.56. The topological polar surface area (TPSA) is 112 Å². The van der Waals surface area contributed by atoms with E-state index < -0.39 is 30.3 Å². The van der Waals surface area contributed by atoms with Crippen molar-refractivity contribution in [3.05, 3.63) is 72.1 Å². The maximum Gasteiger partial charge on any atom is 0.259 e. The maximum absolute atomic E-state index is 13.1. The first-order valence-electron chi connectivity index (χ1n) is 11.3. The van der Waals surface area contributed by atoms with E-state index in [9.17, 15) is 14.7 Å². The number of imide groups is 1. The molecule has 172 valence electrons. The van der Waals surface area contributed by atoms with Gasteiger partial charge in [-0.05, 0) is 12.1 Å². The number of aliphatic hydroxyl groups excluding tert-OH is 1. The number of fused-ring (bicyclic) bond motifs is 2. The summed E-state index contributed by atoms with van der Waals surface area (Å²) in [5, 5.41) is 14.6. The molecule has 0 aliphatic carbocycles. The zero-order chi connectivity index (χ0) is 23.6. The van der Waals surface area contributed by atoms with Crippen LogP contribution in [-0.4, -0.2) is 44.8 Å². The molecule has 2 amide bonds. The third-order valence-electron chi connectivity index (χ3n) is 6.85. The molecule has 4 aromatic rings. The lowest BCUT2D eigenvalue weighted by atomic mass is 9.95. The first-order valence-corrected chi connectivity index (χ1v) is 11.3. The molecular weight excluding hydrogens is 432 g/mol. The summed E-state index contributed by atoms with van der Waals surface area (Å²) >= 11 is 0. The molecule has 2 aromatic heterocycles. The zero-order valence-electron chi connectivity index (χ0n) is 18.6. The number of nitrogens with one attached hydrogen (secondary N) is 1. The van der Waals surface area contributed by atoms with Gasteiger partial charge in [-0.2, -0.15) is 0 Å². The molecule has 1 fully saturated rings. The van der Waals surface area contributed by atoms with Crippen LogP contribution in [0.1, 0.15) is 23.8 Å². The summed E-state index contributed by atoms with van der Waals surface area (Å²) < 4.78 is 9.89. The molecule has 2 aliphatic rings. The predicted octanol–water partition coefficient (Wildman–Crippen LogP) is 2.31. The number of ether oxygens (including phenoxy) is 1. The van der Waals surface area contributed by atoms with Gasteiger partial charge in [0.05, 0.1) is 28.9 Å². The molecule has 4 N–H and O–H groups in total. The van der Waals surface area contributed by atoms with E-state index in [0.29, 0.717) is 28.7 Å². The Bertz CT molecular complexity index is 1510. The van der Waals surface area contributed by atoms with Crippen LogP contribution < -0.4 is 11.1 Å². The Balaban J connectivity index is 1.59. The van der Waals surface area contributed by atoms with Crippen LogP contribution >= 0.6 is 0 Å². The van der Waals surface area contributed by atoms with Crippen LogP contribution in [0.5, 0.6) is 0 Å². The highest BCUT2D eigenvalue weighted by Gasteiger charge is 2.38. The van der Waals surface area contributed by atoms with Crippen LogP contribution in [0.4, 0.5) is 0 Å². The fourth-order valence-corrected chi connectivity index (χ4v) is 5.25. The highest BCUT2D eigenvalue weighted by Crippen LogP contribution is 2.40. The van der Waals surface area contributed by atoms with Crippen LogP contribution in [-0.2, 0) is 21.4 Å². The van der Waals surface area contributed by atoms with Gasteiger partial charge in [0.1, 0.15) is 6.23 Å². The van der Waals surface area contributed by atoms with E-state index >= 15 is 0 Å². The number of aryl methyl sites for hydroxylation is 1. The molecule has 8 nitrogen and oxygen atoms in total. The third kappa shape index (κ3) is 2.96. The number of para-hydroxylation sites is 2. The van der Waals surface area contributed by atoms with Gasteiger partial charge in [-0.25, -0.2) is 0 Å². The van der Waals surface area contributed by atoms with Gasteiger partial charge in [-0.3, -0.25) is 14.9 Å². The summed E-state index contributed by atoms with van der Waals surface area (Å²) in [6.07, 6.45) is 2.58. The number of nitrogens with zero attached hydrogens (tertiary/aromatic N) is 2. The fraction of sp³-hybridized carbons (Fsp3) is 0.231. The SMILES string of the molecule is Cn1cc(C2=C(c3cn(C4C[C@@H](O)[C@@H](CN)O4)c4ccccc34)C(=O)NC2=O)c2ccccc21. The van der Waals surface area contributed by atoms with Crippen LogP contribution in [0, 0.1) is 0 Å². The van der Waals surface area contributed by atoms with Crippen molar-refractivity contribution in [1.82, 2.24) is 14.5 Å². The Labute approximate surface area is 195 Å². The third-order valence-corrected chi connectivity index (χ3v) is 6.85. The maximum atomic E-state index is 13.1. The van der Waals surface area contributed by atoms with E-state index in [1.807, 2.05) is 77.1 Å². The minimum absolute atomic E-state index is 0.219. The summed E-state index contributed by atoms with van der Waals surface area (Å²) in [4.78, 5) is 26.2. The molecule has 1 unspecified atom stereocenters. The van der Waals surface area contributed by atoms with Gasteiger partial charge < -0.3 is 24.7 Å². The summed E-state index contributed by atoms with van der Waals surface area (Å²) in [7, 11) is 1.92. The Hall–Kier alpha value is -3.72. The van der Waals surface area contributed by atoms with Gasteiger partial charge in [0.2, 0.25) is 0 Å². The number of hydrogen-bond acceptors (Lipinski definition) is 5. The lowest BCUT2D eigenvalue weighted by Crippen LogP contribution is -2.29. The Kier molecular flexibility index (Phi) is 4.70. The largest absolute Gasteiger partial charge is 0.390 e. The van der Waals surface area contributed by atoms with Crippen LogP contribution in [0.15, 0.2) is 60.9 Å². The van der Waals surface area contributed by atoms with E-state index in [1.54, 1.807) is 0 Å². The molecular formula is C26H24N4O4. The van der Waals surface area contributed by atoms with Gasteiger partial charge >= 0.3 is 0 Å². The number of aromatic nitrogens is 2. The molecule has 2 aromatic carbocycles. The highest BCUT2D eigenvalue weighted by atomic mass is 16.5. The molecule has 1 saturated heterocycles. The number of amides is 2. The molecule has 34 heavy (non-hydrogen) atoms.